The summed E-state index contributed by atoms with van der Waals surface area (Å²) in [5.41, 5.74) is 1.15. The Morgan fingerprint density at radius 3 is 2.95 bits per heavy atom. The second-order valence-electron chi connectivity index (χ2n) is 4.63. The van der Waals surface area contributed by atoms with Crippen LogP contribution in [0.3, 0.4) is 0 Å². The summed E-state index contributed by atoms with van der Waals surface area (Å²) in [7, 11) is 0. The summed E-state index contributed by atoms with van der Waals surface area (Å²) in [5, 5.41) is 3.32. The lowest BCUT2D eigenvalue weighted by molar-refractivity contribution is 0.0964. The zero-order valence-corrected chi connectivity index (χ0v) is 13.3. The van der Waals surface area contributed by atoms with E-state index in [0.717, 1.165) is 29.8 Å². The van der Waals surface area contributed by atoms with Crippen LogP contribution in [0.4, 0.5) is 0 Å². The fourth-order valence-corrected chi connectivity index (χ4v) is 3.74. The molecule has 3 aromatic heterocycles. The van der Waals surface area contributed by atoms with Gasteiger partial charge in [0.1, 0.15) is 6.33 Å². The Kier molecular flexibility index (Phi) is 4.26. The number of aromatic nitrogens is 3. The van der Waals surface area contributed by atoms with E-state index in [0.29, 0.717) is 0 Å². The van der Waals surface area contributed by atoms with Gasteiger partial charge in [-0.15, -0.1) is 22.7 Å². The smallest absolute Gasteiger partial charge is 0.272 e. The fraction of sp³-hybridized carbons (Fsp3) is 0.267. The van der Waals surface area contributed by atoms with Crippen LogP contribution in [0.25, 0.3) is 0 Å². The lowest BCUT2D eigenvalue weighted by Gasteiger charge is -1.97. The van der Waals surface area contributed by atoms with Gasteiger partial charge in [0.05, 0.1) is 15.6 Å². The zero-order chi connectivity index (χ0) is 14.7. The molecule has 0 spiro atoms. The van der Waals surface area contributed by atoms with Gasteiger partial charge in [0.15, 0.2) is 0 Å². The van der Waals surface area contributed by atoms with Crippen LogP contribution in [0.1, 0.15) is 32.2 Å². The van der Waals surface area contributed by atoms with Crippen molar-refractivity contribution < 1.29 is 4.79 Å². The average molecular weight is 317 g/mol. The van der Waals surface area contributed by atoms with E-state index in [4.69, 9.17) is 0 Å². The first kappa shape index (κ1) is 14.2. The molecule has 0 aromatic carbocycles. The van der Waals surface area contributed by atoms with E-state index in [9.17, 15) is 4.79 Å². The first-order valence-corrected chi connectivity index (χ1v) is 8.50. The van der Waals surface area contributed by atoms with Crippen LogP contribution in [0.15, 0.2) is 36.2 Å². The van der Waals surface area contributed by atoms with E-state index in [2.05, 4.69) is 22.3 Å². The molecule has 4 nitrogen and oxygen atoms in total. The Hall–Kier alpha value is -1.79. The monoisotopic (exact) mass is 317 g/mol. The van der Waals surface area contributed by atoms with Crippen LogP contribution >= 0.6 is 22.7 Å². The van der Waals surface area contributed by atoms with Gasteiger partial charge in [-0.1, -0.05) is 6.92 Å². The third kappa shape index (κ3) is 3.28. The molecular formula is C15H15N3OS2. The highest BCUT2D eigenvalue weighted by Crippen LogP contribution is 2.20. The van der Waals surface area contributed by atoms with Crippen molar-refractivity contribution in [1.29, 1.82) is 0 Å². The van der Waals surface area contributed by atoms with Crippen LogP contribution in [-0.2, 0) is 19.3 Å². The molecule has 0 fully saturated rings. The second kappa shape index (κ2) is 6.32. The Balaban J connectivity index is 1.64. The van der Waals surface area contributed by atoms with Crippen LogP contribution in [-0.4, -0.2) is 20.4 Å². The van der Waals surface area contributed by atoms with Gasteiger partial charge in [-0.2, -0.15) is 0 Å². The number of thiophene rings is 1. The third-order valence-electron chi connectivity index (χ3n) is 3.14. The Morgan fingerprint density at radius 2 is 2.24 bits per heavy atom. The van der Waals surface area contributed by atoms with E-state index in [-0.39, 0.29) is 5.91 Å². The molecule has 6 heteroatoms. The SMILES string of the molecule is CCc1nc(CCc2ccc(C(=O)n3ccnc3)s2)cs1. The van der Waals surface area contributed by atoms with Crippen molar-refractivity contribution in [2.45, 2.75) is 26.2 Å². The quantitative estimate of drug-likeness (QED) is 0.724. The number of imidazole rings is 1. The van der Waals surface area contributed by atoms with Crippen molar-refractivity contribution in [3.05, 3.63) is 56.7 Å². The normalized spacial score (nSPS) is 10.9. The van der Waals surface area contributed by atoms with E-state index >= 15 is 0 Å². The predicted octanol–water partition coefficient (Wildman–Crippen LogP) is 3.44. The van der Waals surface area contributed by atoms with Gasteiger partial charge in [-0.05, 0) is 31.4 Å². The molecule has 0 atom stereocenters. The molecule has 0 aliphatic rings. The van der Waals surface area contributed by atoms with Gasteiger partial charge in [0.25, 0.3) is 5.91 Å². The molecule has 0 unspecified atom stereocenters. The van der Waals surface area contributed by atoms with Crippen LogP contribution in [0.5, 0.6) is 0 Å². The summed E-state index contributed by atoms with van der Waals surface area (Å²) >= 11 is 3.27. The van der Waals surface area contributed by atoms with E-state index in [1.165, 1.54) is 20.8 Å². The van der Waals surface area contributed by atoms with Gasteiger partial charge >= 0.3 is 0 Å². The predicted molar refractivity (Wildman–Crippen MR) is 85.2 cm³/mol. The highest BCUT2D eigenvalue weighted by atomic mass is 32.1. The van der Waals surface area contributed by atoms with Gasteiger partial charge in [0, 0.05) is 22.7 Å². The molecule has 3 aromatic rings. The zero-order valence-electron chi connectivity index (χ0n) is 11.7. The largest absolute Gasteiger partial charge is 0.273 e. The summed E-state index contributed by atoms with van der Waals surface area (Å²) in [4.78, 5) is 22.6. The number of hydrogen-bond acceptors (Lipinski definition) is 5. The van der Waals surface area contributed by atoms with Gasteiger partial charge in [0.2, 0.25) is 0 Å². The Labute approximate surface area is 131 Å². The lowest BCUT2D eigenvalue weighted by Crippen LogP contribution is -2.07. The highest BCUT2D eigenvalue weighted by molar-refractivity contribution is 7.14. The molecule has 0 bridgehead atoms. The van der Waals surface area contributed by atoms with Gasteiger partial charge in [-0.3, -0.25) is 9.36 Å². The van der Waals surface area contributed by atoms with Crippen molar-refractivity contribution in [3.8, 4) is 0 Å². The number of aryl methyl sites for hydroxylation is 3. The standard InChI is InChI=1S/C15H15N3OS2/c1-2-14-17-11(9-20-14)3-4-12-5-6-13(21-12)15(19)18-8-7-16-10-18/h5-10H,2-4H2,1H3. The molecule has 0 N–H and O–H groups in total. The number of rotatable bonds is 5. The van der Waals surface area contributed by atoms with Crippen LogP contribution < -0.4 is 0 Å². The first-order chi connectivity index (χ1) is 10.3. The molecular weight excluding hydrogens is 302 g/mol. The molecule has 0 aliphatic heterocycles. The molecule has 3 rings (SSSR count). The summed E-state index contributed by atoms with van der Waals surface area (Å²) < 4.78 is 1.50. The van der Waals surface area contributed by atoms with Gasteiger partial charge in [-0.25, -0.2) is 9.97 Å². The molecule has 0 radical (unpaired) electrons. The number of nitrogens with zero attached hydrogens (tertiary/aromatic N) is 3. The number of carbonyl (C=O) groups is 1. The Bertz CT molecular complexity index is 728. The average Bonchev–Trinajstić information content (AvgIpc) is 3.23. The lowest BCUT2D eigenvalue weighted by atomic mass is 10.2. The minimum absolute atomic E-state index is 0.0225. The third-order valence-corrected chi connectivity index (χ3v) is 5.32. The first-order valence-electron chi connectivity index (χ1n) is 6.81. The summed E-state index contributed by atoms with van der Waals surface area (Å²) in [6.07, 6.45) is 7.66. The second-order valence-corrected chi connectivity index (χ2v) is 6.74. The Morgan fingerprint density at radius 1 is 1.33 bits per heavy atom. The van der Waals surface area contributed by atoms with E-state index < -0.39 is 0 Å². The molecule has 3 heterocycles. The van der Waals surface area contributed by atoms with Crippen LogP contribution in [0, 0.1) is 0 Å². The minimum atomic E-state index is -0.0225. The molecule has 0 saturated carbocycles. The number of carbonyl (C=O) groups excluding carboxylic acids is 1. The fourth-order valence-electron chi connectivity index (χ4n) is 2.01. The maximum absolute atomic E-state index is 12.2. The van der Waals surface area contributed by atoms with Crippen molar-refractivity contribution in [1.82, 2.24) is 14.5 Å². The summed E-state index contributed by atoms with van der Waals surface area (Å²) in [5.74, 6) is -0.0225. The summed E-state index contributed by atoms with van der Waals surface area (Å²) in [6, 6.07) is 3.92. The highest BCUT2D eigenvalue weighted by Gasteiger charge is 2.11. The molecule has 0 amide bonds. The van der Waals surface area contributed by atoms with Crippen molar-refractivity contribution >= 4 is 28.6 Å². The topological polar surface area (TPSA) is 47.8 Å². The number of hydrogen-bond donors (Lipinski definition) is 0. The minimum Gasteiger partial charge on any atom is -0.272 e. The van der Waals surface area contributed by atoms with Gasteiger partial charge < -0.3 is 0 Å². The maximum Gasteiger partial charge on any atom is 0.273 e. The van der Waals surface area contributed by atoms with Crippen molar-refractivity contribution in [3.63, 3.8) is 0 Å². The number of thiazole rings is 1. The van der Waals surface area contributed by atoms with E-state index in [1.807, 2.05) is 12.1 Å². The molecule has 0 saturated heterocycles. The maximum atomic E-state index is 12.2. The van der Waals surface area contributed by atoms with E-state index in [1.54, 1.807) is 35.1 Å². The molecule has 0 aliphatic carbocycles. The van der Waals surface area contributed by atoms with Crippen LogP contribution in [0.2, 0.25) is 0 Å². The molecule has 21 heavy (non-hydrogen) atoms. The van der Waals surface area contributed by atoms with Crippen molar-refractivity contribution in [2.75, 3.05) is 0 Å². The summed E-state index contributed by atoms with van der Waals surface area (Å²) in [6.45, 7) is 2.12. The van der Waals surface area contributed by atoms with Crippen molar-refractivity contribution in [2.24, 2.45) is 0 Å². The molecule has 108 valence electrons.